The van der Waals surface area contributed by atoms with Crippen LogP contribution in [0.3, 0.4) is 0 Å². The average Bonchev–Trinajstić information content (AvgIpc) is 1.61. The predicted octanol–water partition coefficient (Wildman–Crippen LogP) is 18.6. The molecule has 0 spiro atoms. The number of hydrogen-bond acceptors (Lipinski definition) is 15. The molecule has 4 aliphatic rings. The number of carbonyl (C=O) groups is 5. The Morgan fingerprint density at radius 1 is 0.375 bits per heavy atom. The molecule has 3 saturated heterocycles. The summed E-state index contributed by atoms with van der Waals surface area (Å²) >= 11 is 17.8. The lowest BCUT2D eigenvalue weighted by Crippen LogP contribution is -2.40. The molecule has 4 heterocycles. The van der Waals surface area contributed by atoms with Crippen LogP contribution in [-0.4, -0.2) is 86.6 Å². The molecule has 11 aromatic rings. The number of hydrogen-bond donors (Lipinski definition) is 1. The Morgan fingerprint density at radius 3 is 1.02 bits per heavy atom. The lowest BCUT2D eigenvalue weighted by molar-refractivity contribution is 0.0532. The number of aliphatic hydroxyl groups is 1. The van der Waals surface area contributed by atoms with Crippen LogP contribution in [-0.2, 0) is 28.5 Å². The minimum atomic E-state index is -4.04. The van der Waals surface area contributed by atoms with Crippen LogP contribution in [0.4, 0.5) is 31.4 Å². The molecule has 0 radical (unpaired) electrons. The molecule has 524 valence electrons. The number of nitrogens with zero attached hydrogens (tertiary/aromatic N) is 4. The molecule has 0 bridgehead atoms. The SMILES string of the molecule is Cc1ccc(S(=O)(=O)OC[C@@H]2OC(=O)N(c3ccc(Oc4ccc(Cl)cc4)cc3)[C@H]2c2ccccc2)cc1.O=C1O[C@@H](CO)[C@H](c2ccccc2)N1c1ccc(Oc2ccc(Cl)cc2)cc1.O=C1c2ccccc2C(=O)N1C[C@@H]1OC(=O)N(c2ccc(Oc3ccc(Cl)cc3)cc2)[C@H]1c1ccccc1. The highest BCUT2D eigenvalue weighted by molar-refractivity contribution is 7.86. The third-order valence-electron chi connectivity index (χ3n) is 17.3. The second kappa shape index (κ2) is 31.8. The van der Waals surface area contributed by atoms with Gasteiger partial charge in [-0.05, 0) is 193 Å². The maximum atomic E-state index is 13.2. The van der Waals surface area contributed by atoms with Gasteiger partial charge < -0.3 is 33.5 Å². The Bertz CT molecular complexity index is 4930. The second-order valence-electron chi connectivity index (χ2n) is 24.1. The van der Waals surface area contributed by atoms with Crippen LogP contribution in [0, 0.1) is 6.92 Å². The first-order valence-corrected chi connectivity index (χ1v) is 35.3. The summed E-state index contributed by atoms with van der Waals surface area (Å²) in [7, 11) is -4.04. The lowest BCUT2D eigenvalue weighted by atomic mass is 9.99. The molecule has 0 aromatic heterocycles. The normalized spacial score (nSPS) is 18.1. The van der Waals surface area contributed by atoms with Crippen LogP contribution < -0.4 is 28.9 Å². The number of amides is 5. The lowest BCUT2D eigenvalue weighted by Gasteiger charge is -2.27. The number of benzene rings is 11. The maximum Gasteiger partial charge on any atom is 0.415 e. The van der Waals surface area contributed by atoms with E-state index < -0.39 is 76.6 Å². The maximum absolute atomic E-state index is 13.2. The topological polar surface area (TPSA) is 217 Å². The van der Waals surface area contributed by atoms with Crippen molar-refractivity contribution in [2.75, 3.05) is 34.5 Å². The van der Waals surface area contributed by atoms with Crippen molar-refractivity contribution >= 4 is 92.1 Å². The number of carbonyl (C=O) groups excluding carboxylic acids is 5. The van der Waals surface area contributed by atoms with Gasteiger partial charge in [0.05, 0.1) is 29.2 Å². The number of halogens is 3. The first-order valence-electron chi connectivity index (χ1n) is 32.7. The van der Waals surface area contributed by atoms with Crippen molar-refractivity contribution in [1.29, 1.82) is 0 Å². The van der Waals surface area contributed by atoms with Gasteiger partial charge in [0.2, 0.25) is 0 Å². The molecule has 0 unspecified atom stereocenters. The minimum Gasteiger partial charge on any atom is -0.457 e. The van der Waals surface area contributed by atoms with Crippen LogP contribution in [0.2, 0.25) is 15.1 Å². The second-order valence-corrected chi connectivity index (χ2v) is 27.0. The van der Waals surface area contributed by atoms with E-state index in [0.717, 1.165) is 27.2 Å². The summed E-state index contributed by atoms with van der Waals surface area (Å²) in [6.45, 7) is 1.21. The van der Waals surface area contributed by atoms with E-state index in [1.807, 2.05) is 97.9 Å². The van der Waals surface area contributed by atoms with Gasteiger partial charge in [-0.15, -0.1) is 0 Å². The monoisotopic (exact) mass is 1470 g/mol. The molecule has 5 amide bonds. The zero-order valence-corrected chi connectivity index (χ0v) is 58.3. The van der Waals surface area contributed by atoms with Crippen molar-refractivity contribution in [3.05, 3.63) is 334 Å². The minimum absolute atomic E-state index is 0.0387. The molecule has 19 nitrogen and oxygen atoms in total. The van der Waals surface area contributed by atoms with E-state index in [1.165, 1.54) is 17.0 Å². The summed E-state index contributed by atoms with van der Waals surface area (Å²) in [6, 6.07) is 82.0. The van der Waals surface area contributed by atoms with Gasteiger partial charge in [0.25, 0.3) is 21.9 Å². The van der Waals surface area contributed by atoms with Crippen LogP contribution in [0.5, 0.6) is 34.5 Å². The van der Waals surface area contributed by atoms with Crippen LogP contribution >= 0.6 is 34.8 Å². The summed E-state index contributed by atoms with van der Waals surface area (Å²) in [4.78, 5) is 70.6. The molecular formula is C81H63Cl3N4O15S. The van der Waals surface area contributed by atoms with Crippen molar-refractivity contribution in [1.82, 2.24) is 4.90 Å². The molecule has 6 atom stereocenters. The third kappa shape index (κ3) is 16.2. The van der Waals surface area contributed by atoms with Gasteiger partial charge in [0.15, 0.2) is 12.2 Å². The zero-order chi connectivity index (χ0) is 72.4. The smallest absolute Gasteiger partial charge is 0.415 e. The molecular weight excluding hydrogens is 1410 g/mol. The molecule has 1 N–H and O–H groups in total. The number of ether oxygens (including phenoxy) is 6. The van der Waals surface area contributed by atoms with E-state index in [-0.39, 0.29) is 24.7 Å². The van der Waals surface area contributed by atoms with E-state index in [4.69, 9.17) is 67.4 Å². The molecule has 23 heteroatoms. The number of fused-ring (bicyclic) bond motifs is 1. The highest BCUT2D eigenvalue weighted by Gasteiger charge is 2.49. The number of cyclic esters (lactones) is 3. The first kappa shape index (κ1) is 70.9. The number of aryl methyl sites for hydroxylation is 1. The Hall–Kier alpha value is -11.5. The fourth-order valence-corrected chi connectivity index (χ4v) is 13.6. The van der Waals surface area contributed by atoms with E-state index in [9.17, 15) is 37.5 Å². The van der Waals surface area contributed by atoms with Gasteiger partial charge in [0.1, 0.15) is 65.3 Å². The highest BCUT2D eigenvalue weighted by Crippen LogP contribution is 2.43. The van der Waals surface area contributed by atoms with Gasteiger partial charge >= 0.3 is 18.3 Å². The van der Waals surface area contributed by atoms with Gasteiger partial charge in [-0.3, -0.25) is 33.4 Å². The van der Waals surface area contributed by atoms with Gasteiger partial charge in [-0.1, -0.05) is 156 Å². The van der Waals surface area contributed by atoms with Crippen molar-refractivity contribution in [2.24, 2.45) is 0 Å². The van der Waals surface area contributed by atoms with E-state index in [1.54, 1.807) is 192 Å². The zero-order valence-electron chi connectivity index (χ0n) is 55.2. The molecule has 104 heavy (non-hydrogen) atoms. The molecule has 0 saturated carbocycles. The van der Waals surface area contributed by atoms with Crippen LogP contribution in [0.25, 0.3) is 0 Å². The third-order valence-corrected chi connectivity index (χ3v) is 19.3. The Morgan fingerprint density at radius 2 is 0.673 bits per heavy atom. The van der Waals surface area contributed by atoms with Crippen molar-refractivity contribution in [2.45, 2.75) is 48.3 Å². The summed E-state index contributed by atoms with van der Waals surface area (Å²) in [5.41, 5.74) is 5.96. The van der Waals surface area contributed by atoms with Crippen LogP contribution in [0.15, 0.2) is 290 Å². The molecule has 3 fully saturated rings. The van der Waals surface area contributed by atoms with Crippen molar-refractivity contribution < 1.29 is 70.1 Å². The Labute approximate surface area is 614 Å². The Kier molecular flexibility index (Phi) is 21.7. The standard InChI is InChI=1S/C30H21ClN2O5.C29H24ClNO6S.C22H18ClNO4/c31-20-10-14-22(15-11-20)37-23-16-12-21(13-17-23)33-27(19-6-2-1-3-7-19)26(38-30(33)36)18-32-28(34)24-8-4-5-9-25(24)29(32)35;1-20-7-17-26(18-8-20)38(33,34)35-19-27-28(21-5-3-2-4-6-21)31(29(32)37-27)23-11-15-25(16-12-23)36-24-13-9-22(30)10-14-24;23-16-6-10-18(11-7-16)27-19-12-8-17(9-13-19)24-21(15-4-2-1-3-5-15)20(14-25)28-22(24)26/h1-17,26-27H,18H2;2-18,27-28H,19H2,1H3;1-13,20-21,25H,14H2/t26-,27-;27-,28-;20-,21-/m000/s1. The van der Waals surface area contributed by atoms with Crippen LogP contribution in [0.1, 0.15) is 61.1 Å². The van der Waals surface area contributed by atoms with Crippen molar-refractivity contribution in [3.63, 3.8) is 0 Å². The molecule has 4 aliphatic heterocycles. The van der Waals surface area contributed by atoms with Crippen molar-refractivity contribution in [3.8, 4) is 34.5 Å². The largest absolute Gasteiger partial charge is 0.457 e. The average molecular weight is 1470 g/mol. The fourth-order valence-electron chi connectivity index (χ4n) is 12.3. The summed E-state index contributed by atoms with van der Waals surface area (Å²) in [5, 5.41) is 11.5. The van der Waals surface area contributed by atoms with Gasteiger partial charge in [-0.25, -0.2) is 14.4 Å². The van der Waals surface area contributed by atoms with Gasteiger partial charge in [0, 0.05) is 32.1 Å². The number of anilines is 3. The van der Waals surface area contributed by atoms with E-state index in [0.29, 0.717) is 77.8 Å². The van der Waals surface area contributed by atoms with E-state index >= 15 is 0 Å². The van der Waals surface area contributed by atoms with Gasteiger partial charge in [-0.2, -0.15) is 8.42 Å². The highest BCUT2D eigenvalue weighted by atomic mass is 35.5. The summed E-state index contributed by atoms with van der Waals surface area (Å²) < 4.78 is 65.3. The number of imide groups is 1. The predicted molar refractivity (Wildman–Crippen MR) is 393 cm³/mol. The Balaban J connectivity index is 0.000000141. The number of aliphatic hydroxyl groups excluding tert-OH is 1. The van der Waals surface area contributed by atoms with E-state index in [2.05, 4.69) is 0 Å². The molecule has 11 aromatic carbocycles. The fraction of sp³-hybridized carbons (Fsp3) is 0.123. The first-order chi connectivity index (χ1) is 50.4. The molecule has 15 rings (SSSR count). The quantitative estimate of drug-likeness (QED) is 0.0452. The summed E-state index contributed by atoms with van der Waals surface area (Å²) in [6.07, 6.45) is -3.91. The summed E-state index contributed by atoms with van der Waals surface area (Å²) in [5.74, 6) is 2.93. The number of rotatable bonds is 19. The molecule has 0 aliphatic carbocycles.